The normalized spacial score (nSPS) is 26.3. The summed E-state index contributed by atoms with van der Waals surface area (Å²) >= 11 is 0. The van der Waals surface area contributed by atoms with E-state index in [1.54, 1.807) is 0 Å². The summed E-state index contributed by atoms with van der Waals surface area (Å²) in [5.41, 5.74) is 1.16. The Labute approximate surface area is 144 Å². The van der Waals surface area contributed by atoms with Gasteiger partial charge in [0.1, 0.15) is 6.10 Å². The Morgan fingerprint density at radius 2 is 2.29 bits per heavy atom. The van der Waals surface area contributed by atoms with E-state index in [9.17, 15) is 4.79 Å². The van der Waals surface area contributed by atoms with Crippen molar-refractivity contribution >= 4 is 5.91 Å². The van der Waals surface area contributed by atoms with Crippen molar-refractivity contribution in [2.24, 2.45) is 0 Å². The van der Waals surface area contributed by atoms with Crippen molar-refractivity contribution in [1.29, 1.82) is 0 Å². The van der Waals surface area contributed by atoms with Crippen LogP contribution in [0.25, 0.3) is 0 Å². The highest BCUT2D eigenvalue weighted by Crippen LogP contribution is 2.22. The number of nitrogens with zero attached hydrogens (tertiary/aromatic N) is 3. The van der Waals surface area contributed by atoms with Crippen molar-refractivity contribution in [3.63, 3.8) is 0 Å². The number of piperidine rings is 1. The van der Waals surface area contributed by atoms with Crippen molar-refractivity contribution in [2.45, 2.75) is 64.2 Å². The zero-order chi connectivity index (χ0) is 16.9. The van der Waals surface area contributed by atoms with Crippen molar-refractivity contribution in [3.05, 3.63) is 18.0 Å². The van der Waals surface area contributed by atoms with Crippen LogP contribution in [0.4, 0.5) is 0 Å². The number of aryl methyl sites for hydroxylation is 1. The van der Waals surface area contributed by atoms with Gasteiger partial charge in [-0.3, -0.25) is 9.48 Å². The first-order valence-electron chi connectivity index (χ1n) is 9.16. The van der Waals surface area contributed by atoms with Gasteiger partial charge in [0.15, 0.2) is 0 Å². The fourth-order valence-electron chi connectivity index (χ4n) is 3.52. The number of aromatic nitrogens is 2. The van der Waals surface area contributed by atoms with Gasteiger partial charge < -0.3 is 14.4 Å². The fraction of sp³-hybridized carbons (Fsp3) is 0.778. The summed E-state index contributed by atoms with van der Waals surface area (Å²) in [5, 5.41) is 4.41. The van der Waals surface area contributed by atoms with E-state index >= 15 is 0 Å². The second-order valence-corrected chi connectivity index (χ2v) is 7.04. The number of carbonyl (C=O) groups is 1. The van der Waals surface area contributed by atoms with E-state index in [-0.39, 0.29) is 18.1 Å². The molecule has 134 valence electrons. The molecule has 2 aliphatic heterocycles. The molecule has 2 aliphatic rings. The van der Waals surface area contributed by atoms with Gasteiger partial charge in [-0.2, -0.15) is 5.10 Å². The third-order valence-electron chi connectivity index (χ3n) is 4.97. The predicted molar refractivity (Wildman–Crippen MR) is 90.8 cm³/mol. The lowest BCUT2D eigenvalue weighted by Gasteiger charge is -2.34. The smallest absolute Gasteiger partial charge is 0.251 e. The average molecular weight is 335 g/mol. The summed E-state index contributed by atoms with van der Waals surface area (Å²) in [6.45, 7) is 6.75. The zero-order valence-corrected chi connectivity index (χ0v) is 14.8. The van der Waals surface area contributed by atoms with E-state index in [4.69, 9.17) is 9.47 Å². The SMILES string of the molecule is Cc1cnn([C@@H]2CCCN(C(=O)[C@@H](C)OC[C@@H]3CCCCO3)C2)c1. The minimum absolute atomic E-state index is 0.0828. The van der Waals surface area contributed by atoms with Gasteiger partial charge in [-0.05, 0) is 51.5 Å². The molecule has 2 saturated heterocycles. The fourth-order valence-corrected chi connectivity index (χ4v) is 3.52. The van der Waals surface area contributed by atoms with Gasteiger partial charge in [0.2, 0.25) is 0 Å². The second kappa shape index (κ2) is 8.12. The van der Waals surface area contributed by atoms with Crippen LogP contribution >= 0.6 is 0 Å². The van der Waals surface area contributed by atoms with Crippen molar-refractivity contribution in [1.82, 2.24) is 14.7 Å². The minimum Gasteiger partial charge on any atom is -0.376 e. The first-order valence-corrected chi connectivity index (χ1v) is 9.16. The third-order valence-corrected chi connectivity index (χ3v) is 4.97. The van der Waals surface area contributed by atoms with Crippen LogP contribution in [0.1, 0.15) is 50.6 Å². The molecule has 1 amide bonds. The highest BCUT2D eigenvalue weighted by Gasteiger charge is 2.29. The first kappa shape index (κ1) is 17.4. The molecule has 0 bridgehead atoms. The predicted octanol–water partition coefficient (Wildman–Crippen LogP) is 2.33. The molecule has 0 aromatic carbocycles. The summed E-state index contributed by atoms with van der Waals surface area (Å²) in [6, 6.07) is 0.269. The maximum atomic E-state index is 12.7. The Hall–Kier alpha value is -1.40. The number of hydrogen-bond acceptors (Lipinski definition) is 4. The summed E-state index contributed by atoms with van der Waals surface area (Å²) in [4.78, 5) is 14.6. The summed E-state index contributed by atoms with van der Waals surface area (Å²) in [5.74, 6) is 0.0828. The van der Waals surface area contributed by atoms with E-state index in [1.807, 2.05) is 29.6 Å². The maximum Gasteiger partial charge on any atom is 0.251 e. The highest BCUT2D eigenvalue weighted by atomic mass is 16.5. The highest BCUT2D eigenvalue weighted by molar-refractivity contribution is 5.80. The number of hydrogen-bond donors (Lipinski definition) is 0. The number of ether oxygens (including phenoxy) is 2. The standard InChI is InChI=1S/C18H29N3O3/c1-14-10-19-21(11-14)16-6-5-8-20(12-16)18(22)15(2)24-13-17-7-3-4-9-23-17/h10-11,15-17H,3-9,12-13H2,1-2H3/t15-,16-,17+/m1/s1. The van der Waals surface area contributed by atoms with Crippen LogP contribution in [0.15, 0.2) is 12.4 Å². The van der Waals surface area contributed by atoms with Crippen LogP contribution in [0, 0.1) is 6.92 Å². The molecule has 3 atom stereocenters. The summed E-state index contributed by atoms with van der Waals surface area (Å²) in [7, 11) is 0. The van der Waals surface area contributed by atoms with Gasteiger partial charge >= 0.3 is 0 Å². The van der Waals surface area contributed by atoms with Crippen LogP contribution in [-0.2, 0) is 14.3 Å². The number of amides is 1. The molecular weight excluding hydrogens is 306 g/mol. The van der Waals surface area contributed by atoms with Gasteiger partial charge in [0.25, 0.3) is 5.91 Å². The van der Waals surface area contributed by atoms with E-state index < -0.39 is 6.10 Å². The second-order valence-electron chi connectivity index (χ2n) is 7.04. The van der Waals surface area contributed by atoms with Crippen molar-refractivity contribution in [3.8, 4) is 0 Å². The molecule has 6 nitrogen and oxygen atoms in total. The molecule has 0 spiro atoms. The lowest BCUT2D eigenvalue weighted by atomic mass is 10.1. The monoisotopic (exact) mass is 335 g/mol. The molecule has 1 aromatic rings. The van der Waals surface area contributed by atoms with E-state index in [1.165, 1.54) is 6.42 Å². The topological polar surface area (TPSA) is 56.6 Å². The molecule has 3 heterocycles. The van der Waals surface area contributed by atoms with E-state index in [0.29, 0.717) is 13.2 Å². The quantitative estimate of drug-likeness (QED) is 0.829. The molecule has 0 aliphatic carbocycles. The van der Waals surface area contributed by atoms with Crippen molar-refractivity contribution < 1.29 is 14.3 Å². The molecule has 0 unspecified atom stereocenters. The number of likely N-dealkylation sites (tertiary alicyclic amines) is 1. The Kier molecular flexibility index (Phi) is 5.89. The maximum absolute atomic E-state index is 12.7. The molecule has 0 N–H and O–H groups in total. The minimum atomic E-state index is -0.409. The summed E-state index contributed by atoms with van der Waals surface area (Å²) < 4.78 is 13.5. The van der Waals surface area contributed by atoms with E-state index in [0.717, 1.165) is 44.4 Å². The largest absolute Gasteiger partial charge is 0.376 e. The lowest BCUT2D eigenvalue weighted by molar-refractivity contribution is -0.147. The van der Waals surface area contributed by atoms with Crippen LogP contribution in [0.2, 0.25) is 0 Å². The van der Waals surface area contributed by atoms with Gasteiger partial charge in [-0.1, -0.05) is 0 Å². The van der Waals surface area contributed by atoms with Gasteiger partial charge in [-0.25, -0.2) is 0 Å². The average Bonchev–Trinajstić information content (AvgIpc) is 3.06. The number of rotatable bonds is 5. The van der Waals surface area contributed by atoms with Gasteiger partial charge in [0.05, 0.1) is 24.9 Å². The third kappa shape index (κ3) is 4.36. The van der Waals surface area contributed by atoms with Gasteiger partial charge in [-0.15, -0.1) is 0 Å². The molecule has 0 radical (unpaired) electrons. The molecule has 6 heteroatoms. The van der Waals surface area contributed by atoms with Crippen LogP contribution in [0.3, 0.4) is 0 Å². The van der Waals surface area contributed by atoms with Gasteiger partial charge in [0, 0.05) is 25.9 Å². The lowest BCUT2D eigenvalue weighted by Crippen LogP contribution is -2.46. The molecule has 1 aromatic heterocycles. The van der Waals surface area contributed by atoms with E-state index in [2.05, 4.69) is 11.3 Å². The Morgan fingerprint density at radius 3 is 3.00 bits per heavy atom. The summed E-state index contributed by atoms with van der Waals surface area (Å²) in [6.07, 6.45) is 9.09. The Morgan fingerprint density at radius 1 is 1.42 bits per heavy atom. The van der Waals surface area contributed by atoms with Crippen LogP contribution < -0.4 is 0 Å². The molecule has 3 rings (SSSR count). The molecule has 24 heavy (non-hydrogen) atoms. The van der Waals surface area contributed by atoms with Crippen LogP contribution in [0.5, 0.6) is 0 Å². The molecular formula is C18H29N3O3. The molecule has 0 saturated carbocycles. The number of carbonyl (C=O) groups excluding carboxylic acids is 1. The van der Waals surface area contributed by atoms with Crippen molar-refractivity contribution in [2.75, 3.05) is 26.3 Å². The Bertz CT molecular complexity index is 539. The molecule has 2 fully saturated rings. The first-order chi connectivity index (χ1) is 11.6. The van der Waals surface area contributed by atoms with Crippen LogP contribution in [-0.4, -0.2) is 59.1 Å². The zero-order valence-electron chi connectivity index (χ0n) is 14.8. The Balaban J connectivity index is 1.49.